The van der Waals surface area contributed by atoms with Crippen molar-refractivity contribution in [2.75, 3.05) is 17.7 Å². The van der Waals surface area contributed by atoms with Gasteiger partial charge in [0, 0.05) is 21.5 Å². The maximum absolute atomic E-state index is 13.6. The van der Waals surface area contributed by atoms with Gasteiger partial charge in [-0.15, -0.1) is 23.1 Å². The number of nitrogens with one attached hydrogen (secondary N) is 2. The Morgan fingerprint density at radius 2 is 1.71 bits per heavy atom. The molecule has 0 saturated carbocycles. The molecule has 3 aromatic carbocycles. The van der Waals surface area contributed by atoms with E-state index in [1.807, 2.05) is 72.1 Å². The molecule has 2 amide bonds. The molecule has 0 saturated heterocycles. The Balaban J connectivity index is 1.32. The van der Waals surface area contributed by atoms with Crippen molar-refractivity contribution in [2.24, 2.45) is 11.8 Å². The van der Waals surface area contributed by atoms with E-state index in [2.05, 4.69) is 15.6 Å². The van der Waals surface area contributed by atoms with Crippen molar-refractivity contribution in [1.29, 1.82) is 0 Å². The summed E-state index contributed by atoms with van der Waals surface area (Å²) in [5.74, 6) is -2.22. The van der Waals surface area contributed by atoms with E-state index in [0.29, 0.717) is 23.7 Å². The van der Waals surface area contributed by atoms with Gasteiger partial charge in [-0.1, -0.05) is 60.7 Å². The van der Waals surface area contributed by atoms with Crippen LogP contribution in [0.3, 0.4) is 0 Å². The van der Waals surface area contributed by atoms with Crippen LogP contribution < -0.4 is 15.4 Å². The Morgan fingerprint density at radius 3 is 2.48 bits per heavy atom. The molecule has 3 N–H and O–H groups in total. The Hall–Kier alpha value is -4.41. The number of carbonyl (C=O) groups is 3. The number of benzene rings is 3. The van der Waals surface area contributed by atoms with Gasteiger partial charge in [0.25, 0.3) is 0 Å². The summed E-state index contributed by atoms with van der Waals surface area (Å²) in [6, 6.07) is 24.3. The summed E-state index contributed by atoms with van der Waals surface area (Å²) in [6.45, 7) is 0. The summed E-state index contributed by atoms with van der Waals surface area (Å²) in [4.78, 5) is 43.7. The normalized spacial score (nSPS) is 16.8. The molecular weight excluding hydrogens is 571 g/mol. The number of ether oxygens (including phenoxy) is 1. The molecule has 0 fully saturated rings. The van der Waals surface area contributed by atoms with Gasteiger partial charge in [-0.3, -0.25) is 14.4 Å². The molecular formula is C32H29N3O5S2. The number of carboxylic acid groups (broad SMARTS) is 1. The molecule has 3 unspecified atom stereocenters. The topological polar surface area (TPSA) is 118 Å². The first kappa shape index (κ1) is 29.1. The van der Waals surface area contributed by atoms with Gasteiger partial charge >= 0.3 is 5.97 Å². The molecule has 214 valence electrons. The molecule has 0 aliphatic heterocycles. The largest absolute Gasteiger partial charge is 0.497 e. The first-order chi connectivity index (χ1) is 20.4. The molecule has 0 bridgehead atoms. The summed E-state index contributed by atoms with van der Waals surface area (Å²) >= 11 is 2.69. The number of hydrogen-bond donors (Lipinski definition) is 3. The van der Waals surface area contributed by atoms with Crippen LogP contribution in [-0.2, 0) is 14.4 Å². The van der Waals surface area contributed by atoms with Crippen LogP contribution in [0.5, 0.6) is 5.75 Å². The van der Waals surface area contributed by atoms with Crippen molar-refractivity contribution >= 4 is 51.7 Å². The second kappa shape index (κ2) is 13.5. The third-order valence-electron chi connectivity index (χ3n) is 6.88. The number of hydrogen-bond acceptors (Lipinski definition) is 7. The lowest BCUT2D eigenvalue weighted by Crippen LogP contribution is -2.34. The van der Waals surface area contributed by atoms with Crippen LogP contribution in [-0.4, -0.2) is 35.0 Å². The monoisotopic (exact) mass is 599 g/mol. The minimum atomic E-state index is -0.976. The molecule has 5 rings (SSSR count). The zero-order valence-corrected chi connectivity index (χ0v) is 24.4. The second-order valence-electron chi connectivity index (χ2n) is 9.68. The van der Waals surface area contributed by atoms with Gasteiger partial charge in [-0.05, 0) is 48.7 Å². The molecule has 0 spiro atoms. The standard InChI is InChI=1S/C32H29N3O5S2/c1-40-23-13-7-11-21(17-23)27-19-41-32(34-27)35-30(37)28(20-9-3-2-4-10-20)42-24-14-8-12-22(18-24)33-29(36)25-15-5-6-16-26(25)31(38)39/h2-14,17-19,25-26,28H,15-16H2,1H3,(H,33,36)(H,38,39)(H,34,35,37). The highest BCUT2D eigenvalue weighted by Gasteiger charge is 2.34. The number of anilines is 2. The summed E-state index contributed by atoms with van der Waals surface area (Å²) in [6.07, 6.45) is 4.36. The predicted molar refractivity (Wildman–Crippen MR) is 166 cm³/mol. The van der Waals surface area contributed by atoms with Crippen molar-refractivity contribution in [3.05, 3.63) is 102 Å². The molecule has 4 aromatic rings. The lowest BCUT2D eigenvalue weighted by Gasteiger charge is -2.24. The number of aliphatic carboxylic acids is 1. The number of aromatic nitrogens is 1. The molecule has 0 radical (unpaired) electrons. The molecule has 1 aliphatic carbocycles. The van der Waals surface area contributed by atoms with E-state index in [-0.39, 0.29) is 11.8 Å². The second-order valence-corrected chi connectivity index (χ2v) is 11.7. The van der Waals surface area contributed by atoms with E-state index >= 15 is 0 Å². The molecule has 42 heavy (non-hydrogen) atoms. The predicted octanol–water partition coefficient (Wildman–Crippen LogP) is 6.90. The highest BCUT2D eigenvalue weighted by molar-refractivity contribution is 8.00. The average Bonchev–Trinajstić information content (AvgIpc) is 3.49. The first-order valence-corrected chi connectivity index (χ1v) is 15.1. The van der Waals surface area contributed by atoms with Crippen LogP contribution in [0.1, 0.15) is 23.7 Å². The van der Waals surface area contributed by atoms with E-state index in [9.17, 15) is 19.5 Å². The Morgan fingerprint density at radius 1 is 0.952 bits per heavy atom. The van der Waals surface area contributed by atoms with Crippen molar-refractivity contribution in [3.8, 4) is 17.0 Å². The maximum Gasteiger partial charge on any atom is 0.307 e. The van der Waals surface area contributed by atoms with Gasteiger partial charge in [0.2, 0.25) is 11.8 Å². The van der Waals surface area contributed by atoms with Crippen LogP contribution in [0.2, 0.25) is 0 Å². The number of rotatable bonds is 10. The summed E-state index contributed by atoms with van der Waals surface area (Å²) in [7, 11) is 1.61. The number of nitrogens with zero attached hydrogens (tertiary/aromatic N) is 1. The number of thiazole rings is 1. The van der Waals surface area contributed by atoms with Gasteiger partial charge in [-0.25, -0.2) is 4.98 Å². The van der Waals surface area contributed by atoms with Crippen molar-refractivity contribution in [2.45, 2.75) is 23.0 Å². The number of amides is 2. The van der Waals surface area contributed by atoms with E-state index in [0.717, 1.165) is 27.5 Å². The fourth-order valence-electron chi connectivity index (χ4n) is 4.71. The highest BCUT2D eigenvalue weighted by atomic mass is 32.2. The third kappa shape index (κ3) is 7.07. The summed E-state index contributed by atoms with van der Waals surface area (Å²) in [5.41, 5.74) is 2.98. The number of allylic oxidation sites excluding steroid dienone is 2. The van der Waals surface area contributed by atoms with Crippen LogP contribution >= 0.6 is 23.1 Å². The maximum atomic E-state index is 13.6. The van der Waals surface area contributed by atoms with Gasteiger partial charge in [0.05, 0.1) is 24.6 Å². The van der Waals surface area contributed by atoms with Gasteiger partial charge in [0.1, 0.15) is 11.0 Å². The minimum absolute atomic E-state index is 0.231. The number of thioether (sulfide) groups is 1. The van der Waals surface area contributed by atoms with E-state index in [4.69, 9.17) is 4.74 Å². The molecule has 8 nitrogen and oxygen atoms in total. The van der Waals surface area contributed by atoms with Crippen LogP contribution in [0.4, 0.5) is 10.8 Å². The number of carboxylic acids is 1. The zero-order chi connectivity index (χ0) is 29.5. The third-order valence-corrected chi connectivity index (χ3v) is 8.89. The lowest BCUT2D eigenvalue weighted by molar-refractivity contribution is -0.146. The number of methoxy groups -OCH3 is 1. The molecule has 3 atom stereocenters. The Bertz CT molecular complexity index is 1600. The van der Waals surface area contributed by atoms with Crippen LogP contribution in [0.25, 0.3) is 11.3 Å². The fraction of sp³-hybridized carbons (Fsp3) is 0.188. The van der Waals surface area contributed by atoms with Crippen LogP contribution in [0, 0.1) is 11.8 Å². The number of carbonyl (C=O) groups excluding carboxylic acids is 2. The summed E-state index contributed by atoms with van der Waals surface area (Å²) < 4.78 is 5.31. The first-order valence-electron chi connectivity index (χ1n) is 13.3. The van der Waals surface area contributed by atoms with Crippen molar-refractivity contribution < 1.29 is 24.2 Å². The average molecular weight is 600 g/mol. The van der Waals surface area contributed by atoms with E-state index in [1.165, 1.54) is 23.1 Å². The lowest BCUT2D eigenvalue weighted by atomic mass is 9.82. The zero-order valence-electron chi connectivity index (χ0n) is 22.7. The van der Waals surface area contributed by atoms with Gasteiger partial charge < -0.3 is 20.5 Å². The molecule has 1 heterocycles. The van der Waals surface area contributed by atoms with Crippen molar-refractivity contribution in [1.82, 2.24) is 4.98 Å². The molecule has 1 aromatic heterocycles. The van der Waals surface area contributed by atoms with E-state index in [1.54, 1.807) is 31.4 Å². The smallest absolute Gasteiger partial charge is 0.307 e. The van der Waals surface area contributed by atoms with Gasteiger partial charge in [0.15, 0.2) is 5.13 Å². The minimum Gasteiger partial charge on any atom is -0.497 e. The SMILES string of the molecule is COc1cccc(-c2csc(NC(=O)C(Sc3cccc(NC(=O)C4CC=CCC4C(=O)O)c3)c3ccccc3)n2)c1. The fourth-order valence-corrected chi connectivity index (χ4v) is 6.52. The van der Waals surface area contributed by atoms with Crippen molar-refractivity contribution in [3.63, 3.8) is 0 Å². The Labute approximate surface area is 251 Å². The Kier molecular flexibility index (Phi) is 9.35. The highest BCUT2D eigenvalue weighted by Crippen LogP contribution is 2.38. The summed E-state index contributed by atoms with van der Waals surface area (Å²) in [5, 5.41) is 17.2. The molecule has 1 aliphatic rings. The van der Waals surface area contributed by atoms with Crippen LogP contribution in [0.15, 0.2) is 101 Å². The van der Waals surface area contributed by atoms with E-state index < -0.39 is 23.1 Å². The molecule has 10 heteroatoms. The quantitative estimate of drug-likeness (QED) is 0.134. The van der Waals surface area contributed by atoms with Gasteiger partial charge in [-0.2, -0.15) is 0 Å².